The van der Waals surface area contributed by atoms with Crippen LogP contribution in [0.5, 0.6) is 0 Å². The van der Waals surface area contributed by atoms with Gasteiger partial charge >= 0.3 is 5.97 Å². The van der Waals surface area contributed by atoms with Gasteiger partial charge in [0, 0.05) is 6.42 Å². The molecule has 1 amide bonds. The minimum absolute atomic E-state index is 0.0284. The van der Waals surface area contributed by atoms with Crippen molar-refractivity contribution < 1.29 is 14.3 Å². The van der Waals surface area contributed by atoms with E-state index < -0.39 is 0 Å². The Morgan fingerprint density at radius 3 is 2.46 bits per heavy atom. The third-order valence-corrected chi connectivity index (χ3v) is 1.33. The Kier molecular flexibility index (Phi) is 5.93. The topological polar surface area (TPSA) is 55.4 Å². The number of rotatable bonds is 5. The van der Waals surface area contributed by atoms with Gasteiger partial charge in [0.15, 0.2) is 0 Å². The molecule has 13 heavy (non-hydrogen) atoms. The van der Waals surface area contributed by atoms with E-state index in [4.69, 9.17) is 0 Å². The monoisotopic (exact) mass is 187 g/mol. The van der Waals surface area contributed by atoms with Crippen LogP contribution in [-0.4, -0.2) is 25.0 Å². The van der Waals surface area contributed by atoms with Gasteiger partial charge in [-0.1, -0.05) is 13.8 Å². The van der Waals surface area contributed by atoms with Crippen LogP contribution in [0.25, 0.3) is 0 Å². The molecule has 0 unspecified atom stereocenters. The molecule has 0 saturated heterocycles. The summed E-state index contributed by atoms with van der Waals surface area (Å²) in [4.78, 5) is 21.8. The number of hydrogen-bond donors (Lipinski definition) is 1. The van der Waals surface area contributed by atoms with Crippen molar-refractivity contribution in [1.29, 1.82) is 0 Å². The molecule has 0 spiro atoms. The molecule has 0 radical (unpaired) electrons. The summed E-state index contributed by atoms with van der Waals surface area (Å²) in [6.45, 7) is 5.94. The molecular weight excluding hydrogens is 170 g/mol. The SMILES string of the molecule is CCOC(=O)CNC(=O)CC(C)C. The van der Waals surface area contributed by atoms with Crippen molar-refractivity contribution in [2.24, 2.45) is 5.92 Å². The van der Waals surface area contributed by atoms with E-state index in [1.54, 1.807) is 6.92 Å². The van der Waals surface area contributed by atoms with E-state index in [-0.39, 0.29) is 18.4 Å². The third kappa shape index (κ3) is 7.31. The summed E-state index contributed by atoms with van der Waals surface area (Å²) in [7, 11) is 0. The van der Waals surface area contributed by atoms with Gasteiger partial charge in [-0.15, -0.1) is 0 Å². The summed E-state index contributed by atoms with van der Waals surface area (Å²) >= 11 is 0. The predicted octanol–water partition coefficient (Wildman–Crippen LogP) is 0.712. The van der Waals surface area contributed by atoms with Crippen molar-refractivity contribution in [2.45, 2.75) is 27.2 Å². The second-order valence-corrected chi connectivity index (χ2v) is 3.18. The van der Waals surface area contributed by atoms with Gasteiger partial charge in [0.1, 0.15) is 6.54 Å². The second-order valence-electron chi connectivity index (χ2n) is 3.18. The van der Waals surface area contributed by atoms with E-state index in [0.717, 1.165) is 0 Å². The first-order valence-corrected chi connectivity index (χ1v) is 4.48. The van der Waals surface area contributed by atoms with Gasteiger partial charge in [-0.3, -0.25) is 9.59 Å². The zero-order valence-electron chi connectivity index (χ0n) is 8.42. The highest BCUT2D eigenvalue weighted by atomic mass is 16.5. The molecule has 4 heteroatoms. The van der Waals surface area contributed by atoms with Crippen LogP contribution in [0.15, 0.2) is 0 Å². The molecule has 1 N–H and O–H groups in total. The summed E-state index contributed by atoms with van der Waals surface area (Å²) in [5.41, 5.74) is 0. The fourth-order valence-corrected chi connectivity index (χ4v) is 0.826. The van der Waals surface area contributed by atoms with Crippen LogP contribution < -0.4 is 5.32 Å². The Balaban J connectivity index is 3.52. The lowest BCUT2D eigenvalue weighted by atomic mass is 10.1. The van der Waals surface area contributed by atoms with Crippen molar-refractivity contribution in [3.63, 3.8) is 0 Å². The van der Waals surface area contributed by atoms with Crippen LogP contribution in [-0.2, 0) is 14.3 Å². The van der Waals surface area contributed by atoms with Crippen molar-refractivity contribution in [3.05, 3.63) is 0 Å². The highest BCUT2D eigenvalue weighted by Crippen LogP contribution is 1.97. The van der Waals surface area contributed by atoms with E-state index in [9.17, 15) is 9.59 Å². The molecule has 0 fully saturated rings. The van der Waals surface area contributed by atoms with Crippen LogP contribution in [0.1, 0.15) is 27.2 Å². The number of nitrogens with one attached hydrogen (secondary N) is 1. The van der Waals surface area contributed by atoms with Crippen molar-refractivity contribution in [3.8, 4) is 0 Å². The molecule has 0 aromatic rings. The highest BCUT2D eigenvalue weighted by molar-refractivity contribution is 5.81. The second kappa shape index (κ2) is 6.46. The Bertz CT molecular complexity index is 178. The van der Waals surface area contributed by atoms with Gasteiger partial charge in [0.05, 0.1) is 6.61 Å². The zero-order valence-corrected chi connectivity index (χ0v) is 8.42. The van der Waals surface area contributed by atoms with Gasteiger partial charge in [-0.05, 0) is 12.8 Å². The average Bonchev–Trinajstić information content (AvgIpc) is 2.00. The number of ether oxygens (including phenoxy) is 1. The van der Waals surface area contributed by atoms with Gasteiger partial charge < -0.3 is 10.1 Å². The molecular formula is C9H17NO3. The average molecular weight is 187 g/mol. The maximum absolute atomic E-state index is 11.0. The fraction of sp³-hybridized carbons (Fsp3) is 0.778. The van der Waals surface area contributed by atoms with Crippen LogP contribution in [0.2, 0.25) is 0 Å². The number of esters is 1. The normalized spacial score (nSPS) is 9.85. The summed E-state index contributed by atoms with van der Waals surface area (Å²) in [6, 6.07) is 0. The smallest absolute Gasteiger partial charge is 0.325 e. The van der Waals surface area contributed by atoms with Gasteiger partial charge in [-0.2, -0.15) is 0 Å². The summed E-state index contributed by atoms with van der Waals surface area (Å²) in [5, 5.41) is 2.49. The minimum atomic E-state index is -0.389. The largest absolute Gasteiger partial charge is 0.465 e. The van der Waals surface area contributed by atoms with Crippen LogP contribution in [0.3, 0.4) is 0 Å². The molecule has 0 rings (SSSR count). The van der Waals surface area contributed by atoms with Crippen LogP contribution in [0.4, 0.5) is 0 Å². The summed E-state index contributed by atoms with van der Waals surface area (Å²) < 4.78 is 4.64. The van der Waals surface area contributed by atoms with Crippen molar-refractivity contribution in [2.75, 3.05) is 13.2 Å². The summed E-state index contributed by atoms with van der Waals surface area (Å²) in [5.74, 6) is -0.190. The molecule has 0 atom stereocenters. The third-order valence-electron chi connectivity index (χ3n) is 1.33. The predicted molar refractivity (Wildman–Crippen MR) is 49.1 cm³/mol. The Labute approximate surface area is 78.6 Å². The first-order chi connectivity index (χ1) is 6.06. The lowest BCUT2D eigenvalue weighted by molar-refractivity contribution is -0.143. The molecule has 0 aliphatic rings. The number of carbonyl (C=O) groups excluding carboxylic acids is 2. The van der Waals surface area contributed by atoms with Gasteiger partial charge in [0.2, 0.25) is 5.91 Å². The molecule has 0 aliphatic heterocycles. The molecule has 76 valence electrons. The molecule has 0 bridgehead atoms. The Morgan fingerprint density at radius 2 is 2.00 bits per heavy atom. The number of amides is 1. The van der Waals surface area contributed by atoms with E-state index in [1.807, 2.05) is 13.8 Å². The first kappa shape index (κ1) is 11.9. The molecule has 0 heterocycles. The maximum atomic E-state index is 11.0. The molecule has 0 saturated carbocycles. The quantitative estimate of drug-likeness (QED) is 0.645. The van der Waals surface area contributed by atoms with E-state index in [1.165, 1.54) is 0 Å². The van der Waals surface area contributed by atoms with Crippen molar-refractivity contribution in [1.82, 2.24) is 5.32 Å². The standard InChI is InChI=1S/C9H17NO3/c1-4-13-9(12)6-10-8(11)5-7(2)3/h7H,4-6H2,1-3H3,(H,10,11). The van der Waals surface area contributed by atoms with Gasteiger partial charge in [-0.25, -0.2) is 0 Å². The zero-order chi connectivity index (χ0) is 10.3. The molecule has 0 aromatic heterocycles. The minimum Gasteiger partial charge on any atom is -0.465 e. The fourth-order valence-electron chi connectivity index (χ4n) is 0.826. The van der Waals surface area contributed by atoms with E-state index >= 15 is 0 Å². The van der Waals surface area contributed by atoms with E-state index in [2.05, 4.69) is 10.1 Å². The summed E-state index contributed by atoms with van der Waals surface area (Å²) in [6.07, 6.45) is 0.444. The van der Waals surface area contributed by atoms with Crippen molar-refractivity contribution >= 4 is 11.9 Å². The highest BCUT2D eigenvalue weighted by Gasteiger charge is 2.06. The van der Waals surface area contributed by atoms with E-state index in [0.29, 0.717) is 18.9 Å². The lowest BCUT2D eigenvalue weighted by Crippen LogP contribution is -2.31. The maximum Gasteiger partial charge on any atom is 0.325 e. The number of hydrogen-bond acceptors (Lipinski definition) is 3. The Hall–Kier alpha value is -1.06. The molecule has 4 nitrogen and oxygen atoms in total. The van der Waals surface area contributed by atoms with Gasteiger partial charge in [0.25, 0.3) is 0 Å². The molecule has 0 aromatic carbocycles. The first-order valence-electron chi connectivity index (χ1n) is 4.48. The van der Waals surface area contributed by atoms with Crippen LogP contribution >= 0.6 is 0 Å². The number of carbonyl (C=O) groups is 2. The Morgan fingerprint density at radius 1 is 1.38 bits per heavy atom. The van der Waals surface area contributed by atoms with Crippen LogP contribution in [0, 0.1) is 5.92 Å². The lowest BCUT2D eigenvalue weighted by Gasteiger charge is -2.06. The molecule has 0 aliphatic carbocycles.